The minimum Gasteiger partial charge on any atom is -0.443 e. The van der Waals surface area contributed by atoms with Gasteiger partial charge in [-0.15, -0.1) is 35.3 Å². The van der Waals surface area contributed by atoms with Crippen molar-refractivity contribution in [3.63, 3.8) is 0 Å². The van der Waals surface area contributed by atoms with Crippen LogP contribution in [0.5, 0.6) is 0 Å². The van der Waals surface area contributed by atoms with Crippen LogP contribution in [0, 0.1) is 0 Å². The van der Waals surface area contributed by atoms with Gasteiger partial charge in [-0.05, 0) is 38.1 Å². The summed E-state index contributed by atoms with van der Waals surface area (Å²) in [6, 6.07) is 4.01. The molecule has 26 heavy (non-hydrogen) atoms. The van der Waals surface area contributed by atoms with Crippen molar-refractivity contribution in [3.05, 3.63) is 29.5 Å². The molecule has 0 spiro atoms. The summed E-state index contributed by atoms with van der Waals surface area (Å²) in [4.78, 5) is 12.6. The van der Waals surface area contributed by atoms with Crippen LogP contribution in [0.25, 0.3) is 10.8 Å². The smallest absolute Gasteiger partial charge is 0.236 e. The Morgan fingerprint density at radius 1 is 1.42 bits per heavy atom. The van der Waals surface area contributed by atoms with Crippen LogP contribution in [0.3, 0.4) is 0 Å². The molecular formula is C18H27IN4O2S. The fraction of sp³-hybridized carbons (Fsp3) is 0.556. The van der Waals surface area contributed by atoms with Crippen LogP contribution in [0.15, 0.2) is 33.2 Å². The van der Waals surface area contributed by atoms with E-state index in [1.807, 2.05) is 17.5 Å². The summed E-state index contributed by atoms with van der Waals surface area (Å²) < 4.78 is 11.3. The molecule has 2 aromatic heterocycles. The molecular weight excluding hydrogens is 463 g/mol. The van der Waals surface area contributed by atoms with Gasteiger partial charge >= 0.3 is 0 Å². The van der Waals surface area contributed by atoms with Gasteiger partial charge in [0.15, 0.2) is 5.96 Å². The number of nitrogens with one attached hydrogen (secondary N) is 1. The molecule has 0 unspecified atom stereocenters. The number of oxazole rings is 1. The van der Waals surface area contributed by atoms with Crippen LogP contribution in [-0.2, 0) is 11.3 Å². The molecule has 0 saturated carbocycles. The molecule has 1 N–H and O–H groups in total. The zero-order valence-electron chi connectivity index (χ0n) is 15.3. The molecule has 0 amide bonds. The predicted molar refractivity (Wildman–Crippen MR) is 116 cm³/mol. The van der Waals surface area contributed by atoms with Crippen molar-refractivity contribution >= 4 is 41.3 Å². The van der Waals surface area contributed by atoms with E-state index in [9.17, 15) is 0 Å². The van der Waals surface area contributed by atoms with Crippen molar-refractivity contribution in [1.29, 1.82) is 0 Å². The Balaban J connectivity index is 0.00000243. The molecule has 1 saturated heterocycles. The number of rotatable bonds is 6. The largest absolute Gasteiger partial charge is 0.443 e. The van der Waals surface area contributed by atoms with Crippen molar-refractivity contribution < 1.29 is 9.15 Å². The molecule has 6 nitrogen and oxygen atoms in total. The first kappa shape index (κ1) is 21.2. The van der Waals surface area contributed by atoms with Crippen LogP contribution in [0.1, 0.15) is 32.4 Å². The standard InChI is InChI=1S/C18H26N4O2S.HI/c1-3-19-18(22-9-7-15(8-10-22)23-4-2)20-12-14-13-24-17(21-14)16-6-5-11-25-16;/h5-6,11,13,15H,3-4,7-10,12H2,1-2H3,(H,19,20);1H. The van der Waals surface area contributed by atoms with Crippen molar-refractivity contribution in [2.24, 2.45) is 4.99 Å². The van der Waals surface area contributed by atoms with Crippen molar-refractivity contribution in [1.82, 2.24) is 15.2 Å². The number of thiophene rings is 1. The maximum absolute atomic E-state index is 5.73. The van der Waals surface area contributed by atoms with E-state index in [1.54, 1.807) is 17.6 Å². The molecule has 1 aliphatic heterocycles. The first-order valence-electron chi connectivity index (χ1n) is 8.93. The van der Waals surface area contributed by atoms with Gasteiger partial charge in [-0.1, -0.05) is 6.07 Å². The fourth-order valence-corrected chi connectivity index (χ4v) is 3.60. The average molecular weight is 490 g/mol. The maximum Gasteiger partial charge on any atom is 0.236 e. The van der Waals surface area contributed by atoms with Crippen LogP contribution < -0.4 is 5.32 Å². The van der Waals surface area contributed by atoms with Gasteiger partial charge in [0.05, 0.1) is 17.5 Å². The lowest BCUT2D eigenvalue weighted by Crippen LogP contribution is -2.47. The predicted octanol–water partition coefficient (Wildman–Crippen LogP) is 3.99. The van der Waals surface area contributed by atoms with E-state index < -0.39 is 0 Å². The summed E-state index contributed by atoms with van der Waals surface area (Å²) in [5, 5.41) is 5.40. The van der Waals surface area contributed by atoms with E-state index in [2.05, 4.69) is 29.0 Å². The summed E-state index contributed by atoms with van der Waals surface area (Å²) in [7, 11) is 0. The highest BCUT2D eigenvalue weighted by Crippen LogP contribution is 2.23. The van der Waals surface area contributed by atoms with Gasteiger partial charge < -0.3 is 19.4 Å². The van der Waals surface area contributed by atoms with Gasteiger partial charge in [-0.2, -0.15) is 0 Å². The Morgan fingerprint density at radius 3 is 2.88 bits per heavy atom. The van der Waals surface area contributed by atoms with Crippen LogP contribution >= 0.6 is 35.3 Å². The molecule has 3 rings (SSSR count). The summed E-state index contributed by atoms with van der Waals surface area (Å²) in [5.74, 6) is 1.61. The highest BCUT2D eigenvalue weighted by molar-refractivity contribution is 14.0. The van der Waals surface area contributed by atoms with Gasteiger partial charge in [0.2, 0.25) is 5.89 Å². The van der Waals surface area contributed by atoms with E-state index in [4.69, 9.17) is 14.1 Å². The summed E-state index contributed by atoms with van der Waals surface area (Å²) in [6.45, 7) is 8.24. The number of halogens is 1. The number of nitrogens with zero attached hydrogens (tertiary/aromatic N) is 3. The quantitative estimate of drug-likeness (QED) is 0.377. The number of hydrogen-bond donors (Lipinski definition) is 1. The lowest BCUT2D eigenvalue weighted by atomic mass is 10.1. The molecule has 3 heterocycles. The van der Waals surface area contributed by atoms with E-state index >= 15 is 0 Å². The zero-order valence-corrected chi connectivity index (χ0v) is 18.5. The van der Waals surface area contributed by atoms with E-state index in [-0.39, 0.29) is 24.0 Å². The van der Waals surface area contributed by atoms with Gasteiger partial charge in [0, 0.05) is 26.2 Å². The topological polar surface area (TPSA) is 62.9 Å². The Labute approximate surface area is 176 Å². The molecule has 144 valence electrons. The highest BCUT2D eigenvalue weighted by atomic mass is 127. The lowest BCUT2D eigenvalue weighted by molar-refractivity contribution is 0.0263. The number of likely N-dealkylation sites (tertiary alicyclic amines) is 1. The number of hydrogen-bond acceptors (Lipinski definition) is 5. The third-order valence-electron chi connectivity index (χ3n) is 4.15. The third kappa shape index (κ3) is 5.68. The third-order valence-corrected chi connectivity index (χ3v) is 5.01. The van der Waals surface area contributed by atoms with Crippen molar-refractivity contribution in [3.8, 4) is 10.8 Å². The molecule has 0 atom stereocenters. The zero-order chi connectivity index (χ0) is 17.5. The first-order valence-corrected chi connectivity index (χ1v) is 9.81. The maximum atomic E-state index is 5.73. The number of aromatic nitrogens is 1. The van der Waals surface area contributed by atoms with Gasteiger partial charge in [-0.3, -0.25) is 0 Å². The Hall–Kier alpha value is -1.13. The highest BCUT2D eigenvalue weighted by Gasteiger charge is 2.21. The fourth-order valence-electron chi connectivity index (χ4n) is 2.94. The Bertz CT molecular complexity index is 667. The minimum atomic E-state index is 0. The minimum absolute atomic E-state index is 0. The second-order valence-corrected chi connectivity index (χ2v) is 6.88. The summed E-state index contributed by atoms with van der Waals surface area (Å²) >= 11 is 1.62. The monoisotopic (exact) mass is 490 g/mol. The van der Waals surface area contributed by atoms with Crippen LogP contribution in [-0.4, -0.2) is 48.2 Å². The molecule has 0 aliphatic carbocycles. The Morgan fingerprint density at radius 2 is 2.23 bits per heavy atom. The normalized spacial score (nSPS) is 15.8. The number of guanidine groups is 1. The Kier molecular flexibility index (Phi) is 8.86. The second-order valence-electron chi connectivity index (χ2n) is 5.93. The van der Waals surface area contributed by atoms with Crippen molar-refractivity contribution in [2.75, 3.05) is 26.2 Å². The van der Waals surface area contributed by atoms with Crippen LogP contribution in [0.2, 0.25) is 0 Å². The number of aliphatic imine (C=N–C) groups is 1. The average Bonchev–Trinajstić information content (AvgIpc) is 3.31. The summed E-state index contributed by atoms with van der Waals surface area (Å²) in [6.07, 6.45) is 4.17. The van der Waals surface area contributed by atoms with E-state index in [1.165, 1.54) is 0 Å². The molecule has 0 bridgehead atoms. The summed E-state index contributed by atoms with van der Waals surface area (Å²) in [5.41, 5.74) is 0.850. The van der Waals surface area contributed by atoms with Gasteiger partial charge in [0.25, 0.3) is 0 Å². The SMILES string of the molecule is CCNC(=NCc1coc(-c2cccs2)n1)N1CCC(OCC)CC1.I. The van der Waals surface area contributed by atoms with Crippen LogP contribution in [0.4, 0.5) is 0 Å². The molecule has 1 fully saturated rings. The lowest BCUT2D eigenvalue weighted by Gasteiger charge is -2.34. The molecule has 0 radical (unpaired) electrons. The molecule has 2 aromatic rings. The van der Waals surface area contributed by atoms with E-state index in [0.29, 0.717) is 18.5 Å². The number of piperidine rings is 1. The van der Waals surface area contributed by atoms with Gasteiger partial charge in [-0.25, -0.2) is 9.98 Å². The van der Waals surface area contributed by atoms with E-state index in [0.717, 1.165) is 55.6 Å². The van der Waals surface area contributed by atoms with Gasteiger partial charge in [0.1, 0.15) is 12.0 Å². The van der Waals surface area contributed by atoms with Crippen molar-refractivity contribution in [2.45, 2.75) is 39.3 Å². The molecule has 1 aliphatic rings. The first-order chi connectivity index (χ1) is 12.3. The molecule has 8 heteroatoms. The second kappa shape index (κ2) is 10.9. The number of ether oxygens (including phenoxy) is 1. The molecule has 0 aromatic carbocycles.